The predicted molar refractivity (Wildman–Crippen MR) is 110 cm³/mol. The minimum Gasteiger partial charge on any atom is -0.398 e. The second-order valence-electron chi connectivity index (χ2n) is 5.65. The maximum Gasteiger partial charge on any atom is 0.220 e. The van der Waals surface area contributed by atoms with Gasteiger partial charge in [-0.1, -0.05) is 33.7 Å². The summed E-state index contributed by atoms with van der Waals surface area (Å²) >= 11 is 0. The van der Waals surface area contributed by atoms with Gasteiger partial charge in [0, 0.05) is 49.6 Å². The zero-order valence-electron chi connectivity index (χ0n) is 14.6. The Morgan fingerprint density at radius 2 is 1.92 bits per heavy atom. The second kappa shape index (κ2) is 11.6. The second-order valence-corrected chi connectivity index (χ2v) is 8.35. The van der Waals surface area contributed by atoms with Gasteiger partial charge >= 0.3 is 0 Å². The summed E-state index contributed by atoms with van der Waals surface area (Å²) in [6.07, 6.45) is 3.97. The summed E-state index contributed by atoms with van der Waals surface area (Å²) in [5.74, 6) is 1.80. The molecule has 0 aliphatic heterocycles. The van der Waals surface area contributed by atoms with Crippen LogP contribution in [-0.4, -0.2) is 36.9 Å². The van der Waals surface area contributed by atoms with Crippen molar-refractivity contribution in [1.29, 1.82) is 0 Å². The lowest BCUT2D eigenvalue weighted by Gasteiger charge is -2.05. The summed E-state index contributed by atoms with van der Waals surface area (Å²) in [6, 6.07) is 9.94. The summed E-state index contributed by atoms with van der Waals surface area (Å²) < 4.78 is 2.14. The van der Waals surface area contributed by atoms with Crippen molar-refractivity contribution in [2.45, 2.75) is 19.4 Å². The molecule has 0 fully saturated rings. The van der Waals surface area contributed by atoms with E-state index in [1.165, 1.54) is 0 Å². The number of nitrogens with two attached hydrogens (primary N) is 1. The summed E-state index contributed by atoms with van der Waals surface area (Å²) in [4.78, 5) is 22.0. The van der Waals surface area contributed by atoms with Crippen LogP contribution in [-0.2, 0) is 16.1 Å². The van der Waals surface area contributed by atoms with Crippen LogP contribution >= 0.6 is 21.6 Å². The molecule has 8 heteroatoms. The number of fused-ring (bicyclic) bond motifs is 1. The van der Waals surface area contributed by atoms with Crippen molar-refractivity contribution in [2.75, 3.05) is 30.3 Å². The van der Waals surface area contributed by atoms with Crippen molar-refractivity contribution in [3.05, 3.63) is 36.5 Å². The van der Waals surface area contributed by atoms with Crippen LogP contribution in [0, 0.1) is 0 Å². The van der Waals surface area contributed by atoms with Gasteiger partial charge in [-0.15, -0.1) is 0 Å². The molecule has 26 heavy (non-hydrogen) atoms. The minimum atomic E-state index is 0.0820. The van der Waals surface area contributed by atoms with E-state index in [1.54, 1.807) is 21.6 Å². The molecule has 6 nitrogen and oxygen atoms in total. The molecule has 0 aliphatic rings. The van der Waals surface area contributed by atoms with Crippen molar-refractivity contribution in [3.8, 4) is 0 Å². The molecule has 0 spiro atoms. The Morgan fingerprint density at radius 3 is 2.73 bits per heavy atom. The number of aromatic nitrogens is 1. The van der Waals surface area contributed by atoms with E-state index in [2.05, 4.69) is 15.2 Å². The van der Waals surface area contributed by atoms with Crippen molar-refractivity contribution in [2.24, 2.45) is 0 Å². The number of hydrogen-bond acceptors (Lipinski definition) is 5. The molecule has 140 valence electrons. The third-order valence-corrected chi connectivity index (χ3v) is 6.17. The van der Waals surface area contributed by atoms with Gasteiger partial charge in [0.2, 0.25) is 17.8 Å². The maximum absolute atomic E-state index is 11.9. The van der Waals surface area contributed by atoms with Gasteiger partial charge in [0.05, 0.1) is 11.1 Å². The Balaban J connectivity index is 1.63. The average Bonchev–Trinajstić information content (AvgIpc) is 2.66. The number of nitrogens with one attached hydrogen (secondary N) is 2. The van der Waals surface area contributed by atoms with Gasteiger partial charge in [0.25, 0.3) is 0 Å². The molecule has 2 aromatic rings. The van der Waals surface area contributed by atoms with Crippen LogP contribution in [0.1, 0.15) is 12.8 Å². The van der Waals surface area contributed by atoms with E-state index in [4.69, 9.17) is 5.73 Å². The number of carbonyl (C=O) groups excluding carboxylic acids is 2. The standard InChI is InChI=1S/C18H24N4O2S2/c19-16-7-11-22(17-5-2-1-4-15(16)17)10-3-6-18(24)21-9-13-26-25-12-8-20-14-23/h1-2,4-5,7,11,14,19H,3,6,8-10,12-13H2,(H2,20,21,23,24)/p+1. The molecule has 1 aromatic heterocycles. The average molecular weight is 394 g/mol. The quantitative estimate of drug-likeness (QED) is 0.221. The number of nitrogens with zero attached hydrogens (tertiary/aromatic N) is 1. The van der Waals surface area contributed by atoms with E-state index >= 15 is 0 Å². The minimum absolute atomic E-state index is 0.0820. The van der Waals surface area contributed by atoms with Crippen LogP contribution in [0.15, 0.2) is 36.5 Å². The SMILES string of the molecule is Nc1cc[n+](CCCC(=O)NCCSSCCNC=O)c2ccccc12. The normalized spacial score (nSPS) is 10.6. The fraction of sp³-hybridized carbons (Fsp3) is 0.389. The molecule has 0 bridgehead atoms. The van der Waals surface area contributed by atoms with Gasteiger partial charge in [-0.25, -0.2) is 0 Å². The van der Waals surface area contributed by atoms with Crippen molar-refractivity contribution in [1.82, 2.24) is 10.6 Å². The molecule has 0 atom stereocenters. The smallest absolute Gasteiger partial charge is 0.220 e. The van der Waals surface area contributed by atoms with Crippen LogP contribution in [0.25, 0.3) is 10.9 Å². The van der Waals surface area contributed by atoms with E-state index in [1.807, 2.05) is 36.5 Å². The van der Waals surface area contributed by atoms with E-state index in [9.17, 15) is 9.59 Å². The lowest BCUT2D eigenvalue weighted by atomic mass is 10.2. The van der Waals surface area contributed by atoms with Crippen LogP contribution in [0.5, 0.6) is 0 Å². The number of hydrogen-bond donors (Lipinski definition) is 3. The molecule has 2 rings (SSSR count). The van der Waals surface area contributed by atoms with Gasteiger partial charge in [0.15, 0.2) is 6.20 Å². The number of rotatable bonds is 12. The van der Waals surface area contributed by atoms with Gasteiger partial charge in [0.1, 0.15) is 6.54 Å². The number of aryl methyl sites for hydroxylation is 1. The Hall–Kier alpha value is -1.93. The first-order valence-corrected chi connectivity index (χ1v) is 11.1. The zero-order valence-corrected chi connectivity index (χ0v) is 16.3. The van der Waals surface area contributed by atoms with Crippen molar-refractivity contribution >= 4 is 50.5 Å². The Labute approximate surface area is 161 Å². The molecular formula is C18H25N4O2S2+. The van der Waals surface area contributed by atoms with E-state index < -0.39 is 0 Å². The topological polar surface area (TPSA) is 88.1 Å². The van der Waals surface area contributed by atoms with Crippen molar-refractivity contribution in [3.63, 3.8) is 0 Å². The third-order valence-electron chi connectivity index (χ3n) is 3.77. The number of amides is 2. The first kappa shape index (κ1) is 20.4. The van der Waals surface area contributed by atoms with E-state index in [0.29, 0.717) is 25.9 Å². The highest BCUT2D eigenvalue weighted by molar-refractivity contribution is 8.76. The van der Waals surface area contributed by atoms with Crippen LogP contribution < -0.4 is 20.9 Å². The highest BCUT2D eigenvalue weighted by atomic mass is 33.1. The summed E-state index contributed by atoms with van der Waals surface area (Å²) in [7, 11) is 3.39. The Morgan fingerprint density at radius 1 is 1.15 bits per heavy atom. The third kappa shape index (κ3) is 6.76. The molecule has 1 aromatic carbocycles. The Bertz CT molecular complexity index is 727. The highest BCUT2D eigenvalue weighted by Gasteiger charge is 2.11. The van der Waals surface area contributed by atoms with Gasteiger partial charge < -0.3 is 16.4 Å². The Kier molecular flexibility index (Phi) is 9.13. The number of carbonyl (C=O) groups is 2. The fourth-order valence-corrected chi connectivity index (χ4v) is 4.34. The molecule has 2 amide bonds. The maximum atomic E-state index is 11.9. The van der Waals surface area contributed by atoms with E-state index in [-0.39, 0.29) is 5.91 Å². The summed E-state index contributed by atoms with van der Waals surface area (Å²) in [5, 5.41) is 6.60. The zero-order chi connectivity index (χ0) is 18.6. The lowest BCUT2D eigenvalue weighted by Crippen LogP contribution is -2.35. The lowest BCUT2D eigenvalue weighted by molar-refractivity contribution is -0.671. The highest BCUT2D eigenvalue weighted by Crippen LogP contribution is 2.19. The summed E-state index contributed by atoms with van der Waals surface area (Å²) in [6.45, 7) is 2.11. The number of nitrogen functional groups attached to an aromatic ring is 1. The van der Waals surface area contributed by atoms with Gasteiger partial charge in [-0.05, 0) is 6.07 Å². The number of anilines is 1. The van der Waals surface area contributed by atoms with Crippen LogP contribution in [0.3, 0.4) is 0 Å². The molecule has 0 unspecified atom stereocenters. The number of para-hydroxylation sites is 1. The fourth-order valence-electron chi connectivity index (χ4n) is 2.51. The largest absolute Gasteiger partial charge is 0.398 e. The number of benzene rings is 1. The predicted octanol–water partition coefficient (Wildman–Crippen LogP) is 1.73. The molecule has 1 heterocycles. The molecule has 0 saturated heterocycles. The summed E-state index contributed by atoms with van der Waals surface area (Å²) in [5.41, 5.74) is 7.87. The molecule has 0 saturated carbocycles. The van der Waals surface area contributed by atoms with Crippen LogP contribution in [0.2, 0.25) is 0 Å². The molecular weight excluding hydrogens is 368 g/mol. The monoisotopic (exact) mass is 393 g/mol. The van der Waals surface area contributed by atoms with Gasteiger partial charge in [-0.2, -0.15) is 4.57 Å². The molecule has 0 aliphatic carbocycles. The van der Waals surface area contributed by atoms with Crippen molar-refractivity contribution < 1.29 is 14.2 Å². The first-order valence-electron chi connectivity index (χ1n) is 8.57. The van der Waals surface area contributed by atoms with E-state index in [0.717, 1.165) is 41.1 Å². The molecule has 0 radical (unpaired) electrons. The first-order chi connectivity index (χ1) is 12.7. The number of pyridine rings is 1. The van der Waals surface area contributed by atoms with Crippen LogP contribution in [0.4, 0.5) is 5.69 Å². The molecule has 4 N–H and O–H groups in total. The van der Waals surface area contributed by atoms with Gasteiger partial charge in [-0.3, -0.25) is 9.59 Å².